The van der Waals surface area contributed by atoms with Gasteiger partial charge in [-0.05, 0) is 42.8 Å². The van der Waals surface area contributed by atoms with Crippen molar-refractivity contribution < 1.29 is 9.53 Å². The Bertz CT molecular complexity index is 942. The zero-order valence-electron chi connectivity index (χ0n) is 15.1. The number of halogens is 1. The SMILES string of the molecule is COc1ccc(NC(=O)c2ccnc(NCc3ccc(C)cc3)c2)cc1Cl. The van der Waals surface area contributed by atoms with E-state index in [1.165, 1.54) is 5.56 Å². The molecule has 3 aromatic rings. The van der Waals surface area contributed by atoms with Gasteiger partial charge in [0.2, 0.25) is 0 Å². The minimum Gasteiger partial charge on any atom is -0.495 e. The van der Waals surface area contributed by atoms with Gasteiger partial charge in [0.1, 0.15) is 11.6 Å². The van der Waals surface area contributed by atoms with Crippen LogP contribution >= 0.6 is 11.6 Å². The minimum absolute atomic E-state index is 0.239. The van der Waals surface area contributed by atoms with Crippen LogP contribution in [0.15, 0.2) is 60.8 Å². The zero-order valence-corrected chi connectivity index (χ0v) is 15.9. The first-order chi connectivity index (χ1) is 13.0. The van der Waals surface area contributed by atoms with E-state index in [-0.39, 0.29) is 5.91 Å². The van der Waals surface area contributed by atoms with Crippen molar-refractivity contribution in [2.75, 3.05) is 17.7 Å². The van der Waals surface area contributed by atoms with Gasteiger partial charge in [-0.15, -0.1) is 0 Å². The van der Waals surface area contributed by atoms with Crippen LogP contribution in [-0.2, 0) is 6.54 Å². The second kappa shape index (κ2) is 8.56. The second-order valence-electron chi connectivity index (χ2n) is 6.07. The summed E-state index contributed by atoms with van der Waals surface area (Å²) in [6.07, 6.45) is 1.60. The Labute approximate surface area is 163 Å². The fraction of sp³-hybridized carbons (Fsp3) is 0.143. The number of aromatic nitrogens is 1. The predicted octanol–water partition coefficient (Wildman–Crippen LogP) is 4.92. The van der Waals surface area contributed by atoms with Crippen molar-refractivity contribution in [1.82, 2.24) is 4.98 Å². The summed E-state index contributed by atoms with van der Waals surface area (Å²) in [7, 11) is 1.54. The number of benzene rings is 2. The molecule has 27 heavy (non-hydrogen) atoms. The summed E-state index contributed by atoms with van der Waals surface area (Å²) >= 11 is 6.10. The molecule has 0 bridgehead atoms. The Morgan fingerprint density at radius 1 is 1.11 bits per heavy atom. The quantitative estimate of drug-likeness (QED) is 0.636. The molecule has 0 aliphatic carbocycles. The molecule has 1 amide bonds. The lowest BCUT2D eigenvalue weighted by Gasteiger charge is -2.10. The number of ether oxygens (including phenoxy) is 1. The highest BCUT2D eigenvalue weighted by Gasteiger charge is 2.09. The number of methoxy groups -OCH3 is 1. The highest BCUT2D eigenvalue weighted by Crippen LogP contribution is 2.27. The van der Waals surface area contributed by atoms with Crippen LogP contribution in [0.1, 0.15) is 21.5 Å². The van der Waals surface area contributed by atoms with Gasteiger partial charge in [0.25, 0.3) is 5.91 Å². The van der Waals surface area contributed by atoms with Crippen LogP contribution in [-0.4, -0.2) is 18.0 Å². The van der Waals surface area contributed by atoms with Gasteiger partial charge in [0.15, 0.2) is 0 Å². The maximum atomic E-state index is 12.5. The highest BCUT2D eigenvalue weighted by molar-refractivity contribution is 6.32. The van der Waals surface area contributed by atoms with E-state index in [4.69, 9.17) is 16.3 Å². The maximum Gasteiger partial charge on any atom is 0.255 e. The van der Waals surface area contributed by atoms with Crippen molar-refractivity contribution in [3.05, 3.63) is 82.5 Å². The summed E-state index contributed by atoms with van der Waals surface area (Å²) in [5.74, 6) is 0.953. The number of rotatable bonds is 6. The van der Waals surface area contributed by atoms with Gasteiger partial charge < -0.3 is 15.4 Å². The summed E-state index contributed by atoms with van der Waals surface area (Å²) < 4.78 is 5.11. The molecule has 0 fully saturated rings. The molecule has 2 N–H and O–H groups in total. The molecule has 5 nitrogen and oxygen atoms in total. The van der Waals surface area contributed by atoms with Crippen molar-refractivity contribution in [2.45, 2.75) is 13.5 Å². The van der Waals surface area contributed by atoms with Gasteiger partial charge in [0.05, 0.1) is 12.1 Å². The van der Waals surface area contributed by atoms with Crippen LogP contribution in [0.3, 0.4) is 0 Å². The summed E-state index contributed by atoms with van der Waals surface area (Å²) in [4.78, 5) is 16.8. The third kappa shape index (κ3) is 4.99. The second-order valence-corrected chi connectivity index (χ2v) is 6.48. The summed E-state index contributed by atoms with van der Waals surface area (Å²) in [5, 5.41) is 6.49. The molecule has 6 heteroatoms. The molecule has 0 radical (unpaired) electrons. The smallest absolute Gasteiger partial charge is 0.255 e. The molecule has 0 saturated heterocycles. The first kappa shape index (κ1) is 18.7. The maximum absolute atomic E-state index is 12.5. The van der Waals surface area contributed by atoms with Gasteiger partial charge >= 0.3 is 0 Å². The highest BCUT2D eigenvalue weighted by atomic mass is 35.5. The van der Waals surface area contributed by atoms with E-state index in [0.29, 0.717) is 34.4 Å². The van der Waals surface area contributed by atoms with Crippen LogP contribution in [0.25, 0.3) is 0 Å². The normalized spacial score (nSPS) is 10.3. The van der Waals surface area contributed by atoms with Crippen LogP contribution in [0.2, 0.25) is 5.02 Å². The number of amides is 1. The lowest BCUT2D eigenvalue weighted by Crippen LogP contribution is -2.13. The number of carbonyl (C=O) groups excluding carboxylic acids is 1. The molecule has 0 saturated carbocycles. The topological polar surface area (TPSA) is 63.2 Å². The fourth-order valence-electron chi connectivity index (χ4n) is 2.51. The molecule has 2 aromatic carbocycles. The van der Waals surface area contributed by atoms with E-state index >= 15 is 0 Å². The molecule has 1 aromatic heterocycles. The van der Waals surface area contributed by atoms with Crippen LogP contribution in [0, 0.1) is 6.92 Å². The zero-order chi connectivity index (χ0) is 19.2. The minimum atomic E-state index is -0.239. The van der Waals surface area contributed by atoms with Crippen molar-refractivity contribution in [3.63, 3.8) is 0 Å². The number of hydrogen-bond donors (Lipinski definition) is 2. The third-order valence-corrected chi connectivity index (χ3v) is 4.32. The van der Waals surface area contributed by atoms with Crippen LogP contribution in [0.5, 0.6) is 5.75 Å². The van der Waals surface area contributed by atoms with Crippen molar-refractivity contribution in [2.24, 2.45) is 0 Å². The largest absolute Gasteiger partial charge is 0.495 e. The van der Waals surface area contributed by atoms with Crippen LogP contribution in [0.4, 0.5) is 11.5 Å². The first-order valence-corrected chi connectivity index (χ1v) is 8.83. The molecule has 0 aliphatic heterocycles. The van der Waals surface area contributed by atoms with E-state index in [2.05, 4.69) is 46.8 Å². The van der Waals surface area contributed by atoms with E-state index in [1.807, 2.05) is 0 Å². The van der Waals surface area contributed by atoms with E-state index < -0.39 is 0 Å². The average Bonchev–Trinajstić information content (AvgIpc) is 2.68. The van der Waals surface area contributed by atoms with Crippen molar-refractivity contribution in [3.8, 4) is 5.75 Å². The Morgan fingerprint density at radius 3 is 2.59 bits per heavy atom. The molecule has 0 atom stereocenters. The van der Waals surface area contributed by atoms with E-state index in [1.54, 1.807) is 43.6 Å². The Morgan fingerprint density at radius 2 is 1.89 bits per heavy atom. The molecule has 1 heterocycles. The number of hydrogen-bond acceptors (Lipinski definition) is 4. The average molecular weight is 382 g/mol. The number of anilines is 2. The molecule has 3 rings (SSSR count). The number of nitrogens with zero attached hydrogens (tertiary/aromatic N) is 1. The predicted molar refractivity (Wildman–Crippen MR) is 109 cm³/mol. The van der Waals surface area contributed by atoms with Crippen molar-refractivity contribution in [1.29, 1.82) is 0 Å². The molecule has 0 aliphatic rings. The van der Waals surface area contributed by atoms with Gasteiger partial charge in [-0.25, -0.2) is 4.98 Å². The van der Waals surface area contributed by atoms with Gasteiger partial charge in [0, 0.05) is 24.0 Å². The number of nitrogens with one attached hydrogen (secondary N) is 2. The van der Waals surface area contributed by atoms with E-state index in [9.17, 15) is 4.79 Å². The summed E-state index contributed by atoms with van der Waals surface area (Å²) in [6.45, 7) is 2.68. The molecule has 0 spiro atoms. The van der Waals surface area contributed by atoms with Gasteiger partial charge in [-0.2, -0.15) is 0 Å². The first-order valence-electron chi connectivity index (χ1n) is 8.45. The lowest BCUT2D eigenvalue weighted by molar-refractivity contribution is 0.102. The monoisotopic (exact) mass is 381 g/mol. The van der Waals surface area contributed by atoms with Gasteiger partial charge in [-0.1, -0.05) is 41.4 Å². The third-order valence-electron chi connectivity index (χ3n) is 4.03. The van der Waals surface area contributed by atoms with Crippen molar-refractivity contribution >= 4 is 29.0 Å². The molecular formula is C21H20ClN3O2. The molecule has 0 unspecified atom stereocenters. The summed E-state index contributed by atoms with van der Waals surface area (Å²) in [5.41, 5.74) is 3.46. The Kier molecular flexibility index (Phi) is 5.94. The Hall–Kier alpha value is -3.05. The number of carbonyl (C=O) groups is 1. The van der Waals surface area contributed by atoms with E-state index in [0.717, 1.165) is 5.56 Å². The molecule has 138 valence electrons. The number of aryl methyl sites for hydroxylation is 1. The Balaban J connectivity index is 1.66. The molecular weight excluding hydrogens is 362 g/mol. The van der Waals surface area contributed by atoms with Crippen LogP contribution < -0.4 is 15.4 Å². The van der Waals surface area contributed by atoms with Gasteiger partial charge in [-0.3, -0.25) is 4.79 Å². The fourth-order valence-corrected chi connectivity index (χ4v) is 2.77. The summed E-state index contributed by atoms with van der Waals surface area (Å²) in [6, 6.07) is 16.7. The standard InChI is InChI=1S/C21H20ClN3O2/c1-14-3-5-15(6-4-14)13-24-20-11-16(9-10-23-20)21(26)25-17-7-8-19(27-2)18(22)12-17/h3-12H,13H2,1-2H3,(H,23,24)(H,25,26). The number of pyridine rings is 1. The lowest BCUT2D eigenvalue weighted by atomic mass is 10.1.